The van der Waals surface area contributed by atoms with Crippen molar-refractivity contribution in [1.29, 1.82) is 0 Å². The molecule has 0 aliphatic carbocycles. The second kappa shape index (κ2) is 7.67. The number of carbonyl (C=O) groups is 2. The Balaban J connectivity index is 2.29. The lowest BCUT2D eigenvalue weighted by Crippen LogP contribution is -2.28. The molecule has 1 aromatic carbocycles. The van der Waals surface area contributed by atoms with E-state index >= 15 is 0 Å². The van der Waals surface area contributed by atoms with E-state index in [1.165, 1.54) is 0 Å². The van der Waals surface area contributed by atoms with Crippen LogP contribution >= 0.6 is 0 Å². The van der Waals surface area contributed by atoms with Gasteiger partial charge in [-0.2, -0.15) is 0 Å². The van der Waals surface area contributed by atoms with Crippen LogP contribution in [0.25, 0.3) is 0 Å². The Morgan fingerprint density at radius 1 is 1.21 bits per heavy atom. The Kier molecular flexibility index (Phi) is 5.62. The van der Waals surface area contributed by atoms with Crippen molar-refractivity contribution in [2.24, 2.45) is 0 Å². The number of aromatic hydroxyl groups is 1. The van der Waals surface area contributed by atoms with Gasteiger partial charge in [-0.05, 0) is 12.5 Å². The summed E-state index contributed by atoms with van der Waals surface area (Å²) >= 11 is 0. The third kappa shape index (κ3) is 3.58. The number of rotatable bonds is 6. The number of amides is 1. The SMILES string of the molecule is C[C@H](NC(=O)c1cnc(C(=O)CO)c(O)c1CO)c1ccccc1. The molecular formula is C17H18N2O5. The van der Waals surface area contributed by atoms with E-state index in [-0.39, 0.29) is 22.9 Å². The normalized spacial score (nSPS) is 11.8. The van der Waals surface area contributed by atoms with E-state index in [1.807, 2.05) is 30.3 Å². The van der Waals surface area contributed by atoms with Crippen LogP contribution in [0.2, 0.25) is 0 Å². The number of nitrogens with zero attached hydrogens (tertiary/aromatic N) is 1. The van der Waals surface area contributed by atoms with Crippen molar-refractivity contribution in [2.45, 2.75) is 19.6 Å². The number of hydrogen-bond acceptors (Lipinski definition) is 6. The first kappa shape index (κ1) is 17.6. The number of carbonyl (C=O) groups excluding carboxylic acids is 2. The van der Waals surface area contributed by atoms with E-state index in [4.69, 9.17) is 5.11 Å². The molecule has 1 aromatic heterocycles. The van der Waals surface area contributed by atoms with Crippen LogP contribution in [0.3, 0.4) is 0 Å². The summed E-state index contributed by atoms with van der Waals surface area (Å²) in [7, 11) is 0. The molecule has 0 saturated carbocycles. The Labute approximate surface area is 138 Å². The topological polar surface area (TPSA) is 120 Å². The van der Waals surface area contributed by atoms with Gasteiger partial charge in [0.2, 0.25) is 5.78 Å². The monoisotopic (exact) mass is 330 g/mol. The van der Waals surface area contributed by atoms with Crippen molar-refractivity contribution >= 4 is 11.7 Å². The molecule has 1 atom stereocenters. The Morgan fingerprint density at radius 3 is 2.46 bits per heavy atom. The fourth-order valence-electron chi connectivity index (χ4n) is 2.27. The number of benzene rings is 1. The van der Waals surface area contributed by atoms with Crippen molar-refractivity contribution in [2.75, 3.05) is 6.61 Å². The minimum Gasteiger partial charge on any atom is -0.505 e. The summed E-state index contributed by atoms with van der Waals surface area (Å²) < 4.78 is 0. The minimum atomic E-state index is -0.831. The molecule has 2 aromatic rings. The molecule has 0 aliphatic rings. The summed E-state index contributed by atoms with van der Waals surface area (Å²) in [6, 6.07) is 8.97. The molecule has 24 heavy (non-hydrogen) atoms. The van der Waals surface area contributed by atoms with Gasteiger partial charge in [-0.1, -0.05) is 30.3 Å². The highest BCUT2D eigenvalue weighted by Crippen LogP contribution is 2.25. The summed E-state index contributed by atoms with van der Waals surface area (Å²) in [5.74, 6) is -1.94. The first-order chi connectivity index (χ1) is 11.5. The third-order valence-electron chi connectivity index (χ3n) is 3.62. The summed E-state index contributed by atoms with van der Waals surface area (Å²) in [6.45, 7) is 0.313. The molecule has 4 N–H and O–H groups in total. The van der Waals surface area contributed by atoms with Gasteiger partial charge in [0.1, 0.15) is 6.61 Å². The zero-order valence-electron chi connectivity index (χ0n) is 13.1. The highest BCUT2D eigenvalue weighted by Gasteiger charge is 2.22. The predicted octanol–water partition coefficient (Wildman–Crippen LogP) is 0.945. The average molecular weight is 330 g/mol. The van der Waals surface area contributed by atoms with Crippen molar-refractivity contribution in [3.05, 3.63) is 58.9 Å². The first-order valence-electron chi connectivity index (χ1n) is 7.31. The lowest BCUT2D eigenvalue weighted by atomic mass is 10.0. The lowest BCUT2D eigenvalue weighted by Gasteiger charge is -2.16. The van der Waals surface area contributed by atoms with Crippen LogP contribution in [0, 0.1) is 0 Å². The van der Waals surface area contributed by atoms with Crippen molar-refractivity contribution in [3.8, 4) is 5.75 Å². The van der Waals surface area contributed by atoms with Crippen molar-refractivity contribution < 1.29 is 24.9 Å². The quantitative estimate of drug-likeness (QED) is 0.585. The van der Waals surface area contributed by atoms with Crippen LogP contribution in [-0.4, -0.2) is 38.6 Å². The number of aromatic nitrogens is 1. The number of ketones is 1. The number of aliphatic hydroxyl groups is 2. The minimum absolute atomic E-state index is 0.0349. The summed E-state index contributed by atoms with van der Waals surface area (Å²) in [5, 5.41) is 31.1. The van der Waals surface area contributed by atoms with E-state index in [1.54, 1.807) is 6.92 Å². The Hall–Kier alpha value is -2.77. The van der Waals surface area contributed by atoms with Gasteiger partial charge in [0.05, 0.1) is 18.2 Å². The second-order valence-electron chi connectivity index (χ2n) is 5.19. The van der Waals surface area contributed by atoms with E-state index < -0.39 is 30.7 Å². The van der Waals surface area contributed by atoms with Crippen LogP contribution in [0.5, 0.6) is 5.75 Å². The molecular weight excluding hydrogens is 312 g/mol. The molecule has 1 heterocycles. The largest absolute Gasteiger partial charge is 0.505 e. The van der Waals surface area contributed by atoms with Gasteiger partial charge in [0.15, 0.2) is 11.4 Å². The smallest absolute Gasteiger partial charge is 0.253 e. The number of pyridine rings is 1. The third-order valence-corrected chi connectivity index (χ3v) is 3.62. The Bertz CT molecular complexity index is 746. The summed E-state index contributed by atoms with van der Waals surface area (Å²) in [6.07, 6.45) is 1.10. The molecule has 2 rings (SSSR count). The van der Waals surface area contributed by atoms with Gasteiger partial charge in [-0.3, -0.25) is 9.59 Å². The molecule has 0 unspecified atom stereocenters. The lowest BCUT2D eigenvalue weighted by molar-refractivity contribution is 0.0890. The van der Waals surface area contributed by atoms with Gasteiger partial charge in [-0.15, -0.1) is 0 Å². The van der Waals surface area contributed by atoms with Crippen molar-refractivity contribution in [3.63, 3.8) is 0 Å². The molecule has 126 valence electrons. The van der Waals surface area contributed by atoms with Crippen LogP contribution in [-0.2, 0) is 6.61 Å². The van der Waals surface area contributed by atoms with E-state index in [2.05, 4.69) is 10.3 Å². The van der Waals surface area contributed by atoms with Gasteiger partial charge < -0.3 is 20.6 Å². The van der Waals surface area contributed by atoms with E-state index in [0.29, 0.717) is 0 Å². The fraction of sp³-hybridized carbons (Fsp3) is 0.235. The molecule has 0 spiro atoms. The van der Waals surface area contributed by atoms with Crippen LogP contribution in [0.1, 0.15) is 44.9 Å². The fourth-order valence-corrected chi connectivity index (χ4v) is 2.27. The maximum atomic E-state index is 12.4. The van der Waals surface area contributed by atoms with Gasteiger partial charge in [0, 0.05) is 11.8 Å². The number of hydrogen-bond donors (Lipinski definition) is 4. The van der Waals surface area contributed by atoms with Crippen LogP contribution in [0.15, 0.2) is 36.5 Å². The molecule has 1 amide bonds. The number of Topliss-reactive ketones (excluding diaryl/α,β-unsaturated/α-hetero) is 1. The number of aliphatic hydroxyl groups excluding tert-OH is 2. The van der Waals surface area contributed by atoms with Crippen LogP contribution < -0.4 is 5.32 Å². The van der Waals surface area contributed by atoms with Gasteiger partial charge >= 0.3 is 0 Å². The molecule has 0 radical (unpaired) electrons. The second-order valence-corrected chi connectivity index (χ2v) is 5.19. The molecule has 0 aliphatic heterocycles. The van der Waals surface area contributed by atoms with E-state index in [0.717, 1.165) is 11.8 Å². The zero-order valence-corrected chi connectivity index (χ0v) is 13.1. The van der Waals surface area contributed by atoms with Gasteiger partial charge in [-0.25, -0.2) is 4.98 Å². The molecule has 7 heteroatoms. The predicted molar refractivity (Wildman–Crippen MR) is 85.6 cm³/mol. The molecule has 0 fully saturated rings. The zero-order chi connectivity index (χ0) is 17.7. The summed E-state index contributed by atoms with van der Waals surface area (Å²) in [4.78, 5) is 27.6. The number of nitrogens with one attached hydrogen (secondary N) is 1. The maximum Gasteiger partial charge on any atom is 0.253 e. The van der Waals surface area contributed by atoms with E-state index in [9.17, 15) is 19.8 Å². The van der Waals surface area contributed by atoms with Crippen molar-refractivity contribution in [1.82, 2.24) is 10.3 Å². The standard InChI is InChI=1S/C17H18N2O5/c1-10(11-5-3-2-4-6-11)19-17(24)12-7-18-15(14(22)9-21)16(23)13(12)8-20/h2-7,10,20-21,23H,8-9H2,1H3,(H,19,24)/t10-/m0/s1. The first-order valence-corrected chi connectivity index (χ1v) is 7.31. The highest BCUT2D eigenvalue weighted by atomic mass is 16.3. The maximum absolute atomic E-state index is 12.4. The molecule has 0 bridgehead atoms. The van der Waals surface area contributed by atoms with Gasteiger partial charge in [0.25, 0.3) is 5.91 Å². The highest BCUT2D eigenvalue weighted by molar-refractivity contribution is 6.01. The summed E-state index contributed by atoms with van der Waals surface area (Å²) in [5.41, 5.74) is 0.363. The Morgan fingerprint density at radius 2 is 1.88 bits per heavy atom. The average Bonchev–Trinajstić information content (AvgIpc) is 2.61. The van der Waals surface area contributed by atoms with Crippen LogP contribution in [0.4, 0.5) is 0 Å². The molecule has 0 saturated heterocycles. The molecule has 7 nitrogen and oxygen atoms in total.